The minimum atomic E-state index is -1.25. The SMILES string of the molecule is O=C(O)c1cc(O)ccc1N=Nc1ccc([N+](=O)[O-])cc1. The summed E-state index contributed by atoms with van der Waals surface area (Å²) < 4.78 is 0. The van der Waals surface area contributed by atoms with Gasteiger partial charge in [0.25, 0.3) is 5.69 Å². The zero-order chi connectivity index (χ0) is 15.4. The first-order valence-corrected chi connectivity index (χ1v) is 5.70. The van der Waals surface area contributed by atoms with Crippen molar-refractivity contribution in [3.8, 4) is 5.75 Å². The quantitative estimate of drug-likeness (QED) is 0.506. The lowest BCUT2D eigenvalue weighted by atomic mass is 10.2. The Morgan fingerprint density at radius 2 is 1.76 bits per heavy atom. The molecule has 8 nitrogen and oxygen atoms in total. The minimum Gasteiger partial charge on any atom is -0.508 e. The van der Waals surface area contributed by atoms with E-state index in [-0.39, 0.29) is 22.7 Å². The Morgan fingerprint density at radius 3 is 2.33 bits per heavy atom. The molecule has 0 radical (unpaired) electrons. The van der Waals surface area contributed by atoms with Crippen molar-refractivity contribution in [3.63, 3.8) is 0 Å². The summed E-state index contributed by atoms with van der Waals surface area (Å²) in [6.07, 6.45) is 0. The van der Waals surface area contributed by atoms with Crippen molar-refractivity contribution in [2.45, 2.75) is 0 Å². The monoisotopic (exact) mass is 287 g/mol. The molecule has 0 unspecified atom stereocenters. The molecule has 106 valence electrons. The Labute approximate surface area is 118 Å². The topological polar surface area (TPSA) is 125 Å². The largest absolute Gasteiger partial charge is 0.508 e. The van der Waals surface area contributed by atoms with Crippen LogP contribution in [0.5, 0.6) is 5.75 Å². The van der Waals surface area contributed by atoms with Crippen LogP contribution >= 0.6 is 0 Å². The summed E-state index contributed by atoms with van der Waals surface area (Å²) in [5.74, 6) is -1.44. The van der Waals surface area contributed by atoms with Gasteiger partial charge in [-0.3, -0.25) is 10.1 Å². The van der Waals surface area contributed by atoms with Gasteiger partial charge in [0.05, 0.1) is 16.2 Å². The molecule has 2 rings (SSSR count). The number of phenols is 1. The molecule has 0 aliphatic carbocycles. The summed E-state index contributed by atoms with van der Waals surface area (Å²) >= 11 is 0. The van der Waals surface area contributed by atoms with Crippen LogP contribution in [0.15, 0.2) is 52.7 Å². The summed E-state index contributed by atoms with van der Waals surface area (Å²) in [7, 11) is 0. The zero-order valence-corrected chi connectivity index (χ0v) is 10.5. The zero-order valence-electron chi connectivity index (χ0n) is 10.5. The summed E-state index contributed by atoms with van der Waals surface area (Å²) in [5.41, 5.74) is 0.133. The molecule has 0 fully saturated rings. The highest BCUT2D eigenvalue weighted by Crippen LogP contribution is 2.26. The molecule has 0 saturated heterocycles. The first-order valence-electron chi connectivity index (χ1n) is 5.70. The molecule has 0 heterocycles. The van der Waals surface area contributed by atoms with Gasteiger partial charge in [-0.05, 0) is 30.3 Å². The lowest BCUT2D eigenvalue weighted by molar-refractivity contribution is -0.384. The molecule has 8 heteroatoms. The van der Waals surface area contributed by atoms with Gasteiger partial charge in [0.15, 0.2) is 0 Å². The van der Waals surface area contributed by atoms with Crippen LogP contribution in [0.3, 0.4) is 0 Å². The van der Waals surface area contributed by atoms with E-state index in [0.717, 1.165) is 6.07 Å². The molecule has 0 spiro atoms. The standard InChI is InChI=1S/C13H9N3O5/c17-10-5-6-12(11(7-10)13(18)19)15-14-8-1-3-9(4-2-8)16(20)21/h1-7,17H,(H,18,19). The molecule has 2 aromatic carbocycles. The highest BCUT2D eigenvalue weighted by Gasteiger charge is 2.10. The fourth-order valence-electron chi connectivity index (χ4n) is 1.54. The van der Waals surface area contributed by atoms with Crippen LogP contribution in [0.1, 0.15) is 10.4 Å². The van der Waals surface area contributed by atoms with E-state index in [0.29, 0.717) is 5.69 Å². The molecule has 0 aromatic heterocycles. The Bertz CT molecular complexity index is 725. The van der Waals surface area contributed by atoms with E-state index in [1.54, 1.807) is 0 Å². The van der Waals surface area contributed by atoms with Crippen molar-refractivity contribution in [2.24, 2.45) is 10.2 Å². The van der Waals surface area contributed by atoms with Gasteiger partial charge in [-0.1, -0.05) is 0 Å². The Kier molecular flexibility index (Phi) is 3.89. The maximum Gasteiger partial charge on any atom is 0.338 e. The lowest BCUT2D eigenvalue weighted by Gasteiger charge is -2.00. The maximum absolute atomic E-state index is 11.0. The molecular weight excluding hydrogens is 278 g/mol. The number of nitro groups is 1. The van der Waals surface area contributed by atoms with E-state index in [1.165, 1.54) is 36.4 Å². The average molecular weight is 287 g/mol. The first-order chi connectivity index (χ1) is 9.97. The van der Waals surface area contributed by atoms with Gasteiger partial charge < -0.3 is 10.2 Å². The van der Waals surface area contributed by atoms with Crippen molar-refractivity contribution < 1.29 is 19.9 Å². The molecular formula is C13H9N3O5. The van der Waals surface area contributed by atoms with E-state index in [1.807, 2.05) is 0 Å². The van der Waals surface area contributed by atoms with Crippen molar-refractivity contribution in [3.05, 3.63) is 58.1 Å². The number of carboxylic acids is 1. The normalized spacial score (nSPS) is 10.7. The second-order valence-electron chi connectivity index (χ2n) is 3.98. The van der Waals surface area contributed by atoms with Crippen LogP contribution in [-0.2, 0) is 0 Å². The fraction of sp³-hybridized carbons (Fsp3) is 0. The molecule has 0 atom stereocenters. The van der Waals surface area contributed by atoms with Gasteiger partial charge >= 0.3 is 5.97 Å². The third kappa shape index (κ3) is 3.38. The third-order valence-electron chi connectivity index (χ3n) is 2.54. The van der Waals surface area contributed by atoms with E-state index in [4.69, 9.17) is 5.11 Å². The predicted molar refractivity (Wildman–Crippen MR) is 72.3 cm³/mol. The van der Waals surface area contributed by atoms with Gasteiger partial charge in [0.1, 0.15) is 11.4 Å². The van der Waals surface area contributed by atoms with Crippen LogP contribution < -0.4 is 0 Å². The summed E-state index contributed by atoms with van der Waals surface area (Å²) in [6.45, 7) is 0. The number of nitrogens with zero attached hydrogens (tertiary/aromatic N) is 3. The number of nitro benzene ring substituents is 1. The number of carbonyl (C=O) groups is 1. The van der Waals surface area contributed by atoms with Crippen LogP contribution in [-0.4, -0.2) is 21.1 Å². The van der Waals surface area contributed by atoms with Crippen molar-refractivity contribution in [1.82, 2.24) is 0 Å². The van der Waals surface area contributed by atoms with E-state index >= 15 is 0 Å². The molecule has 0 saturated carbocycles. The van der Waals surface area contributed by atoms with E-state index in [2.05, 4.69) is 10.2 Å². The Hall–Kier alpha value is -3.29. The summed E-state index contributed by atoms with van der Waals surface area (Å²) in [4.78, 5) is 21.0. The van der Waals surface area contributed by atoms with Gasteiger partial charge in [0, 0.05) is 12.1 Å². The molecule has 0 bridgehead atoms. The van der Waals surface area contributed by atoms with E-state index < -0.39 is 10.9 Å². The highest BCUT2D eigenvalue weighted by molar-refractivity contribution is 5.93. The maximum atomic E-state index is 11.0. The van der Waals surface area contributed by atoms with E-state index in [9.17, 15) is 20.0 Å². The Balaban J connectivity index is 2.29. The highest BCUT2D eigenvalue weighted by atomic mass is 16.6. The van der Waals surface area contributed by atoms with Gasteiger partial charge in [-0.25, -0.2) is 4.79 Å². The number of benzene rings is 2. The predicted octanol–water partition coefficient (Wildman–Crippen LogP) is 3.41. The third-order valence-corrected chi connectivity index (χ3v) is 2.54. The number of phenolic OH excluding ortho intramolecular Hbond substituents is 1. The fourth-order valence-corrected chi connectivity index (χ4v) is 1.54. The summed E-state index contributed by atoms with van der Waals surface area (Å²) in [6, 6.07) is 8.98. The Morgan fingerprint density at radius 1 is 1.10 bits per heavy atom. The van der Waals surface area contributed by atoms with Crippen molar-refractivity contribution in [1.29, 1.82) is 0 Å². The molecule has 21 heavy (non-hydrogen) atoms. The minimum absolute atomic E-state index is 0.0682. The van der Waals surface area contributed by atoms with Crippen molar-refractivity contribution in [2.75, 3.05) is 0 Å². The number of carboxylic acid groups (broad SMARTS) is 1. The lowest BCUT2D eigenvalue weighted by Crippen LogP contribution is -1.95. The number of non-ortho nitro benzene ring substituents is 1. The number of hydrogen-bond acceptors (Lipinski definition) is 6. The molecule has 0 aliphatic heterocycles. The van der Waals surface area contributed by atoms with Crippen LogP contribution in [0.2, 0.25) is 0 Å². The number of azo groups is 1. The van der Waals surface area contributed by atoms with Gasteiger partial charge in [0.2, 0.25) is 0 Å². The number of rotatable bonds is 4. The summed E-state index contributed by atoms with van der Waals surface area (Å²) in [5, 5.41) is 36.3. The van der Waals surface area contributed by atoms with Crippen LogP contribution in [0, 0.1) is 10.1 Å². The number of hydrogen-bond donors (Lipinski definition) is 2. The number of aromatic hydroxyl groups is 1. The second-order valence-corrected chi connectivity index (χ2v) is 3.98. The van der Waals surface area contributed by atoms with Crippen LogP contribution in [0.4, 0.5) is 17.1 Å². The second kappa shape index (κ2) is 5.78. The number of aromatic carboxylic acids is 1. The van der Waals surface area contributed by atoms with Crippen LogP contribution in [0.25, 0.3) is 0 Å². The first kappa shape index (κ1) is 14.1. The van der Waals surface area contributed by atoms with Crippen molar-refractivity contribution >= 4 is 23.0 Å². The smallest absolute Gasteiger partial charge is 0.338 e. The van der Waals surface area contributed by atoms with Gasteiger partial charge in [-0.15, -0.1) is 5.11 Å². The van der Waals surface area contributed by atoms with Gasteiger partial charge in [-0.2, -0.15) is 5.11 Å². The average Bonchev–Trinajstić information content (AvgIpc) is 2.46. The molecule has 2 N–H and O–H groups in total. The molecule has 0 aliphatic rings. The molecule has 2 aromatic rings. The molecule has 0 amide bonds.